The summed E-state index contributed by atoms with van der Waals surface area (Å²) in [6.07, 6.45) is 0.947. The molecule has 2 aromatic rings. The summed E-state index contributed by atoms with van der Waals surface area (Å²) in [5.41, 5.74) is 3.37. The first kappa shape index (κ1) is 14.3. The zero-order valence-electron chi connectivity index (χ0n) is 12.2. The Morgan fingerprint density at radius 2 is 1.60 bits per heavy atom. The predicted molar refractivity (Wildman–Crippen MR) is 77.3 cm³/mol. The van der Waals surface area contributed by atoms with Crippen LogP contribution in [0.4, 0.5) is 0 Å². The first-order valence-electron chi connectivity index (χ1n) is 6.39. The first-order chi connectivity index (χ1) is 9.55. The van der Waals surface area contributed by atoms with E-state index in [1.54, 1.807) is 38.6 Å². The summed E-state index contributed by atoms with van der Waals surface area (Å²) in [6.45, 7) is 3.92. The summed E-state index contributed by atoms with van der Waals surface area (Å²) in [5, 5.41) is 10.5. The van der Waals surface area contributed by atoms with E-state index >= 15 is 0 Å². The second-order valence-corrected chi connectivity index (χ2v) is 4.76. The molecule has 0 aliphatic carbocycles. The van der Waals surface area contributed by atoms with Crippen LogP contribution in [0.15, 0.2) is 30.5 Å². The zero-order chi connectivity index (χ0) is 14.7. The van der Waals surface area contributed by atoms with Gasteiger partial charge < -0.3 is 14.6 Å². The fourth-order valence-corrected chi connectivity index (χ4v) is 2.16. The van der Waals surface area contributed by atoms with Crippen LogP contribution >= 0.6 is 0 Å². The quantitative estimate of drug-likeness (QED) is 0.930. The molecule has 1 N–H and O–H groups in total. The molecule has 0 bridgehead atoms. The molecule has 106 valence electrons. The lowest BCUT2D eigenvalue weighted by Gasteiger charge is -2.15. The van der Waals surface area contributed by atoms with Crippen LogP contribution in [-0.2, 0) is 0 Å². The first-order valence-corrected chi connectivity index (χ1v) is 6.39. The molecule has 1 atom stereocenters. The Hall–Kier alpha value is -2.07. The number of hydrogen-bond acceptors (Lipinski definition) is 4. The van der Waals surface area contributed by atoms with Gasteiger partial charge in [0.2, 0.25) is 0 Å². The van der Waals surface area contributed by atoms with E-state index in [1.807, 2.05) is 19.9 Å². The molecule has 0 fully saturated rings. The maximum atomic E-state index is 10.5. The SMILES string of the molecule is COc1cc(OC)cc(C(O)c2ncc(C)cc2C)c1. The second kappa shape index (κ2) is 5.92. The van der Waals surface area contributed by atoms with E-state index in [4.69, 9.17) is 9.47 Å². The van der Waals surface area contributed by atoms with Crippen LogP contribution in [0.2, 0.25) is 0 Å². The van der Waals surface area contributed by atoms with Gasteiger partial charge in [-0.15, -0.1) is 0 Å². The van der Waals surface area contributed by atoms with Gasteiger partial charge in [-0.3, -0.25) is 4.98 Å². The summed E-state index contributed by atoms with van der Waals surface area (Å²) in [6, 6.07) is 7.34. The van der Waals surface area contributed by atoms with Gasteiger partial charge in [-0.05, 0) is 42.7 Å². The fraction of sp³-hybridized carbons (Fsp3) is 0.312. The number of methoxy groups -OCH3 is 2. The number of benzene rings is 1. The van der Waals surface area contributed by atoms with Crippen LogP contribution in [-0.4, -0.2) is 24.3 Å². The molecular formula is C16H19NO3. The smallest absolute Gasteiger partial charge is 0.122 e. The van der Waals surface area contributed by atoms with Crippen LogP contribution < -0.4 is 9.47 Å². The number of aromatic nitrogens is 1. The molecule has 2 rings (SSSR count). The second-order valence-electron chi connectivity index (χ2n) is 4.76. The van der Waals surface area contributed by atoms with Crippen molar-refractivity contribution in [3.05, 3.63) is 52.8 Å². The summed E-state index contributed by atoms with van der Waals surface area (Å²) in [4.78, 5) is 4.33. The van der Waals surface area contributed by atoms with Crippen molar-refractivity contribution in [3.8, 4) is 11.5 Å². The van der Waals surface area contributed by atoms with E-state index in [1.165, 1.54) is 0 Å². The molecule has 0 aliphatic rings. The van der Waals surface area contributed by atoms with Crippen molar-refractivity contribution in [2.45, 2.75) is 20.0 Å². The Kier molecular flexibility index (Phi) is 4.25. The molecule has 0 saturated carbocycles. The lowest BCUT2D eigenvalue weighted by atomic mass is 10.0. The molecule has 1 aromatic carbocycles. The number of pyridine rings is 1. The molecule has 4 nitrogen and oxygen atoms in total. The van der Waals surface area contributed by atoms with Crippen molar-refractivity contribution in [2.75, 3.05) is 14.2 Å². The van der Waals surface area contributed by atoms with Gasteiger partial charge in [0.05, 0.1) is 19.9 Å². The van der Waals surface area contributed by atoms with Gasteiger partial charge in [-0.25, -0.2) is 0 Å². The Bertz CT molecular complexity index is 588. The van der Waals surface area contributed by atoms with Crippen LogP contribution in [0, 0.1) is 13.8 Å². The molecule has 1 aromatic heterocycles. The minimum absolute atomic E-state index is 0.642. The highest BCUT2D eigenvalue weighted by Gasteiger charge is 2.16. The average Bonchev–Trinajstić information content (AvgIpc) is 2.46. The Morgan fingerprint density at radius 1 is 1.00 bits per heavy atom. The average molecular weight is 273 g/mol. The Balaban J connectivity index is 2.44. The highest BCUT2D eigenvalue weighted by Crippen LogP contribution is 2.30. The van der Waals surface area contributed by atoms with Crippen LogP contribution in [0.3, 0.4) is 0 Å². The van der Waals surface area contributed by atoms with E-state index in [2.05, 4.69) is 4.98 Å². The third-order valence-corrected chi connectivity index (χ3v) is 3.20. The lowest BCUT2D eigenvalue weighted by Crippen LogP contribution is -2.06. The summed E-state index contributed by atoms with van der Waals surface area (Å²) in [7, 11) is 3.17. The molecular weight excluding hydrogens is 254 g/mol. The predicted octanol–water partition coefficient (Wildman–Crippen LogP) is 2.80. The van der Waals surface area contributed by atoms with E-state index < -0.39 is 6.10 Å². The minimum atomic E-state index is -0.806. The molecule has 1 unspecified atom stereocenters. The van der Waals surface area contributed by atoms with Crippen LogP contribution in [0.5, 0.6) is 11.5 Å². The zero-order valence-corrected chi connectivity index (χ0v) is 12.2. The summed E-state index contributed by atoms with van der Waals surface area (Å²) >= 11 is 0. The fourth-order valence-electron chi connectivity index (χ4n) is 2.16. The number of aliphatic hydroxyl groups excluding tert-OH is 1. The van der Waals surface area contributed by atoms with Crippen molar-refractivity contribution in [3.63, 3.8) is 0 Å². The standard InChI is InChI=1S/C16H19NO3/c1-10-5-11(2)15(17-9-10)16(18)12-6-13(19-3)8-14(7-12)20-4/h5-9,16,18H,1-4H3. The van der Waals surface area contributed by atoms with Gasteiger partial charge in [-0.1, -0.05) is 6.07 Å². The largest absolute Gasteiger partial charge is 0.497 e. The van der Waals surface area contributed by atoms with Crippen LogP contribution in [0.1, 0.15) is 28.5 Å². The van der Waals surface area contributed by atoms with Gasteiger partial charge in [0.1, 0.15) is 17.6 Å². The lowest BCUT2D eigenvalue weighted by molar-refractivity contribution is 0.213. The van der Waals surface area contributed by atoms with Crippen molar-refractivity contribution in [1.29, 1.82) is 0 Å². The number of rotatable bonds is 4. The highest BCUT2D eigenvalue weighted by atomic mass is 16.5. The van der Waals surface area contributed by atoms with Gasteiger partial charge in [0.25, 0.3) is 0 Å². The molecule has 20 heavy (non-hydrogen) atoms. The molecule has 1 heterocycles. The van der Waals surface area contributed by atoms with Gasteiger partial charge in [0.15, 0.2) is 0 Å². The van der Waals surface area contributed by atoms with Gasteiger partial charge in [0, 0.05) is 12.3 Å². The third-order valence-electron chi connectivity index (χ3n) is 3.20. The number of nitrogens with zero attached hydrogens (tertiary/aromatic N) is 1. The number of hydrogen-bond donors (Lipinski definition) is 1. The monoisotopic (exact) mass is 273 g/mol. The normalized spacial score (nSPS) is 12.1. The van der Waals surface area contributed by atoms with E-state index in [-0.39, 0.29) is 0 Å². The molecule has 0 saturated heterocycles. The van der Waals surface area contributed by atoms with E-state index in [0.717, 1.165) is 11.1 Å². The Morgan fingerprint density at radius 3 is 2.10 bits per heavy atom. The van der Waals surface area contributed by atoms with Gasteiger partial charge >= 0.3 is 0 Å². The topological polar surface area (TPSA) is 51.6 Å². The maximum Gasteiger partial charge on any atom is 0.122 e. The number of ether oxygens (including phenoxy) is 2. The number of aliphatic hydroxyl groups is 1. The summed E-state index contributed by atoms with van der Waals surface area (Å²) < 4.78 is 10.4. The van der Waals surface area contributed by atoms with E-state index in [9.17, 15) is 5.11 Å². The van der Waals surface area contributed by atoms with Gasteiger partial charge in [-0.2, -0.15) is 0 Å². The molecule has 0 amide bonds. The number of aryl methyl sites for hydroxylation is 2. The molecule has 0 radical (unpaired) electrons. The molecule has 0 aliphatic heterocycles. The molecule has 4 heteroatoms. The van der Waals surface area contributed by atoms with Crippen molar-refractivity contribution >= 4 is 0 Å². The van der Waals surface area contributed by atoms with Crippen molar-refractivity contribution in [1.82, 2.24) is 4.98 Å². The third kappa shape index (κ3) is 2.91. The minimum Gasteiger partial charge on any atom is -0.497 e. The van der Waals surface area contributed by atoms with Crippen LogP contribution in [0.25, 0.3) is 0 Å². The van der Waals surface area contributed by atoms with Crippen molar-refractivity contribution < 1.29 is 14.6 Å². The summed E-state index contributed by atoms with van der Waals surface area (Å²) in [5.74, 6) is 1.28. The molecule has 0 spiro atoms. The Labute approximate surface area is 119 Å². The highest BCUT2D eigenvalue weighted by molar-refractivity contribution is 5.42. The van der Waals surface area contributed by atoms with Crippen molar-refractivity contribution in [2.24, 2.45) is 0 Å². The maximum absolute atomic E-state index is 10.5. The van der Waals surface area contributed by atoms with E-state index in [0.29, 0.717) is 22.8 Å².